The number of aromatic nitrogens is 3. The highest BCUT2D eigenvalue weighted by atomic mass is 16.2. The Balaban J connectivity index is 1.45. The summed E-state index contributed by atoms with van der Waals surface area (Å²) in [6.45, 7) is 1.81. The maximum Gasteiger partial charge on any atom is 0.325 e. The number of hydrogen-bond acceptors (Lipinski definition) is 7. The number of para-hydroxylation sites is 1. The molecule has 0 spiro atoms. The fraction of sp³-hybridized carbons (Fsp3) is 0.148. The number of nitrogens with zero attached hydrogens (tertiary/aromatic N) is 4. The number of nitrogens with two attached hydrogens (primary N) is 1. The first-order chi connectivity index (χ1) is 17.4. The molecule has 0 unspecified atom stereocenters. The van der Waals surface area contributed by atoms with Crippen molar-refractivity contribution in [3.05, 3.63) is 107 Å². The van der Waals surface area contributed by atoms with Crippen LogP contribution in [-0.4, -0.2) is 31.8 Å². The number of anilines is 3. The Kier molecular flexibility index (Phi) is 6.03. The summed E-state index contributed by atoms with van der Waals surface area (Å²) in [6, 6.07) is 26.0. The van der Waals surface area contributed by atoms with Crippen LogP contribution in [0.25, 0.3) is 0 Å². The summed E-state index contributed by atoms with van der Waals surface area (Å²) in [5.74, 6) is 0.0415. The standard InChI is InChI=1S/C27H25N7O2/c1-18-10-8-9-15-21(18)29-25-31-22(30-24(28)32-25)17-34-23(35)27(33-26(34)36,20-13-6-3-7-14-20)16-19-11-4-2-5-12-19/h2-15H,16-17H2,1H3,(H,33,36)(H3,28,29,30,31,32)/t27-/m1/s1. The number of carbonyl (C=O) groups excluding carboxylic acids is 2. The van der Waals surface area contributed by atoms with Gasteiger partial charge in [-0.3, -0.25) is 9.69 Å². The molecule has 1 aliphatic heterocycles. The van der Waals surface area contributed by atoms with Crippen LogP contribution < -0.4 is 16.4 Å². The lowest BCUT2D eigenvalue weighted by molar-refractivity contribution is -0.132. The van der Waals surface area contributed by atoms with Crippen molar-refractivity contribution in [3.8, 4) is 0 Å². The van der Waals surface area contributed by atoms with Crippen molar-refractivity contribution < 1.29 is 9.59 Å². The van der Waals surface area contributed by atoms with E-state index in [0.717, 1.165) is 21.7 Å². The molecule has 4 aromatic rings. The van der Waals surface area contributed by atoms with E-state index in [9.17, 15) is 9.59 Å². The Morgan fingerprint density at radius 1 is 0.889 bits per heavy atom. The molecule has 2 heterocycles. The van der Waals surface area contributed by atoms with Gasteiger partial charge in [-0.1, -0.05) is 78.9 Å². The van der Waals surface area contributed by atoms with Gasteiger partial charge in [-0.2, -0.15) is 15.0 Å². The van der Waals surface area contributed by atoms with E-state index >= 15 is 0 Å². The normalized spacial score (nSPS) is 17.2. The van der Waals surface area contributed by atoms with E-state index in [2.05, 4.69) is 25.6 Å². The van der Waals surface area contributed by atoms with Crippen LogP contribution in [0.5, 0.6) is 0 Å². The molecular weight excluding hydrogens is 454 g/mol. The maximum absolute atomic E-state index is 13.9. The van der Waals surface area contributed by atoms with Gasteiger partial charge < -0.3 is 16.4 Å². The van der Waals surface area contributed by atoms with E-state index in [1.54, 1.807) is 0 Å². The van der Waals surface area contributed by atoms with Crippen molar-refractivity contribution >= 4 is 29.5 Å². The smallest absolute Gasteiger partial charge is 0.325 e. The average molecular weight is 480 g/mol. The van der Waals surface area contributed by atoms with Crippen molar-refractivity contribution in [1.29, 1.82) is 0 Å². The molecular formula is C27H25N7O2. The van der Waals surface area contributed by atoms with Crippen molar-refractivity contribution in [2.75, 3.05) is 11.1 Å². The van der Waals surface area contributed by atoms with Gasteiger partial charge in [-0.15, -0.1) is 0 Å². The Bertz CT molecular complexity index is 1410. The minimum Gasteiger partial charge on any atom is -0.368 e. The van der Waals surface area contributed by atoms with Gasteiger partial charge in [-0.25, -0.2) is 4.79 Å². The predicted octanol–water partition coefficient (Wildman–Crippen LogP) is 3.70. The first kappa shape index (κ1) is 23.0. The Labute approximate surface area is 208 Å². The predicted molar refractivity (Wildman–Crippen MR) is 136 cm³/mol. The molecule has 9 nitrogen and oxygen atoms in total. The van der Waals surface area contributed by atoms with Gasteiger partial charge in [0.2, 0.25) is 11.9 Å². The molecule has 5 rings (SSSR count). The van der Waals surface area contributed by atoms with Gasteiger partial charge in [0.1, 0.15) is 0 Å². The van der Waals surface area contributed by atoms with E-state index < -0.39 is 11.6 Å². The summed E-state index contributed by atoms with van der Waals surface area (Å²) >= 11 is 0. The number of nitrogen functional groups attached to an aromatic ring is 1. The van der Waals surface area contributed by atoms with Crippen LogP contribution in [-0.2, 0) is 23.3 Å². The van der Waals surface area contributed by atoms with Crippen molar-refractivity contribution in [1.82, 2.24) is 25.2 Å². The fourth-order valence-corrected chi connectivity index (χ4v) is 4.35. The summed E-state index contributed by atoms with van der Waals surface area (Å²) in [7, 11) is 0. The third-order valence-electron chi connectivity index (χ3n) is 6.14. The third-order valence-corrected chi connectivity index (χ3v) is 6.14. The summed E-state index contributed by atoms with van der Waals surface area (Å²) in [4.78, 5) is 40.9. The number of carbonyl (C=O) groups is 2. The lowest BCUT2D eigenvalue weighted by Crippen LogP contribution is -2.46. The zero-order chi connectivity index (χ0) is 25.1. The SMILES string of the molecule is Cc1ccccc1Nc1nc(N)nc(CN2C(=O)N[C@](Cc3ccccc3)(c3ccccc3)C2=O)n1. The Morgan fingerprint density at radius 3 is 2.28 bits per heavy atom. The second kappa shape index (κ2) is 9.46. The van der Waals surface area contributed by atoms with Crippen LogP contribution in [0.15, 0.2) is 84.9 Å². The molecule has 1 saturated heterocycles. The summed E-state index contributed by atoms with van der Waals surface area (Å²) < 4.78 is 0. The van der Waals surface area contributed by atoms with Crippen LogP contribution >= 0.6 is 0 Å². The number of amides is 3. The molecule has 180 valence electrons. The quantitative estimate of drug-likeness (QED) is 0.345. The largest absolute Gasteiger partial charge is 0.368 e. The van der Waals surface area contributed by atoms with Gasteiger partial charge in [-0.05, 0) is 29.7 Å². The highest BCUT2D eigenvalue weighted by molar-refractivity contribution is 6.07. The van der Waals surface area contributed by atoms with Gasteiger partial charge >= 0.3 is 6.03 Å². The van der Waals surface area contributed by atoms with Crippen LogP contribution in [0, 0.1) is 6.92 Å². The van der Waals surface area contributed by atoms with Crippen LogP contribution in [0.2, 0.25) is 0 Å². The van der Waals surface area contributed by atoms with E-state index in [1.807, 2.05) is 91.9 Å². The summed E-state index contributed by atoms with van der Waals surface area (Å²) in [5.41, 5.74) is 8.12. The van der Waals surface area contributed by atoms with Crippen molar-refractivity contribution in [2.24, 2.45) is 0 Å². The lowest BCUT2D eigenvalue weighted by atomic mass is 9.83. The molecule has 1 atom stereocenters. The van der Waals surface area contributed by atoms with Crippen molar-refractivity contribution in [3.63, 3.8) is 0 Å². The molecule has 3 amide bonds. The molecule has 1 fully saturated rings. The van der Waals surface area contributed by atoms with Crippen molar-refractivity contribution in [2.45, 2.75) is 25.4 Å². The molecule has 0 radical (unpaired) electrons. The Morgan fingerprint density at radius 2 is 1.56 bits per heavy atom. The number of aryl methyl sites for hydroxylation is 1. The monoisotopic (exact) mass is 479 g/mol. The highest BCUT2D eigenvalue weighted by Gasteiger charge is 2.52. The molecule has 9 heteroatoms. The van der Waals surface area contributed by atoms with Crippen LogP contribution in [0.3, 0.4) is 0 Å². The van der Waals surface area contributed by atoms with Gasteiger partial charge in [0.05, 0.1) is 6.54 Å². The first-order valence-corrected chi connectivity index (χ1v) is 11.5. The van der Waals surface area contributed by atoms with E-state index in [-0.39, 0.29) is 30.2 Å². The number of nitrogens with one attached hydrogen (secondary N) is 2. The van der Waals surface area contributed by atoms with E-state index in [1.165, 1.54) is 0 Å². The third kappa shape index (κ3) is 4.46. The lowest BCUT2D eigenvalue weighted by Gasteiger charge is -2.27. The van der Waals surface area contributed by atoms with Crippen LogP contribution in [0.1, 0.15) is 22.5 Å². The molecule has 36 heavy (non-hydrogen) atoms. The second-order valence-electron chi connectivity index (χ2n) is 8.63. The molecule has 1 aromatic heterocycles. The summed E-state index contributed by atoms with van der Waals surface area (Å²) in [5, 5.41) is 6.08. The van der Waals surface area contributed by atoms with E-state index in [0.29, 0.717) is 12.0 Å². The Hall–Kier alpha value is -4.79. The molecule has 4 N–H and O–H groups in total. The van der Waals surface area contributed by atoms with E-state index in [4.69, 9.17) is 5.73 Å². The zero-order valence-corrected chi connectivity index (χ0v) is 19.7. The van der Waals surface area contributed by atoms with Gasteiger partial charge in [0.15, 0.2) is 11.4 Å². The van der Waals surface area contributed by atoms with Gasteiger partial charge in [0, 0.05) is 12.1 Å². The van der Waals surface area contributed by atoms with Crippen LogP contribution in [0.4, 0.5) is 22.4 Å². The molecule has 0 aliphatic carbocycles. The number of urea groups is 1. The second-order valence-corrected chi connectivity index (χ2v) is 8.63. The topological polar surface area (TPSA) is 126 Å². The molecule has 1 aliphatic rings. The molecule has 3 aromatic carbocycles. The zero-order valence-electron chi connectivity index (χ0n) is 19.7. The average Bonchev–Trinajstić information content (AvgIpc) is 3.11. The minimum absolute atomic E-state index is 0.0123. The minimum atomic E-state index is -1.25. The molecule has 0 saturated carbocycles. The number of benzene rings is 3. The summed E-state index contributed by atoms with van der Waals surface area (Å²) in [6.07, 6.45) is 0.304. The highest BCUT2D eigenvalue weighted by Crippen LogP contribution is 2.33. The number of rotatable bonds is 7. The number of hydrogen-bond donors (Lipinski definition) is 3. The van der Waals surface area contributed by atoms with Gasteiger partial charge in [0.25, 0.3) is 5.91 Å². The fourth-order valence-electron chi connectivity index (χ4n) is 4.35. The molecule has 0 bridgehead atoms. The first-order valence-electron chi connectivity index (χ1n) is 11.5. The number of imide groups is 1. The maximum atomic E-state index is 13.9.